The number of halogens is 2. The van der Waals surface area contributed by atoms with Crippen LogP contribution in [0.1, 0.15) is 17.2 Å². The highest BCUT2D eigenvalue weighted by Crippen LogP contribution is 2.50. The normalized spacial score (nSPS) is 20.1. The fraction of sp³-hybridized carbons (Fsp3) is 0.161. The molecule has 2 heterocycles. The minimum Gasteiger partial charge on any atom is -0.493 e. The molecule has 0 radical (unpaired) electrons. The van der Waals surface area contributed by atoms with Crippen molar-refractivity contribution in [3.05, 3.63) is 118 Å². The lowest BCUT2D eigenvalue weighted by molar-refractivity contribution is -0.126. The van der Waals surface area contributed by atoms with E-state index in [0.717, 1.165) is 10.5 Å². The Hall–Kier alpha value is -4.21. The van der Waals surface area contributed by atoms with Crippen LogP contribution in [-0.2, 0) is 21.0 Å². The number of benzene rings is 4. The number of hydrogen-bond donors (Lipinski definition) is 0. The topological polar surface area (TPSA) is 68.3 Å². The Bertz CT molecular complexity index is 1550. The zero-order chi connectivity index (χ0) is 27.8. The standard InChI is InChI=1S/C31H24BrFN2O5/c1-38-25-16-23(24(32)17-26(25)39-18-19-8-4-2-5-9-19)28-27-29(40-35(28)22-10-6-3-7-11-22)31(37)34(30(27)36)21-14-12-20(33)13-15-21/h2-17,27-29H,18H2,1H3/t27-,28+,29+/m0/s1. The first kappa shape index (κ1) is 26.0. The summed E-state index contributed by atoms with van der Waals surface area (Å²) in [6.07, 6.45) is -1.06. The summed E-state index contributed by atoms with van der Waals surface area (Å²) in [7, 11) is 1.55. The monoisotopic (exact) mass is 602 g/mol. The summed E-state index contributed by atoms with van der Waals surface area (Å²) in [5.41, 5.74) is 2.66. The van der Waals surface area contributed by atoms with Crippen molar-refractivity contribution >= 4 is 39.1 Å². The summed E-state index contributed by atoms with van der Waals surface area (Å²) in [5.74, 6) is -1.27. The number of methoxy groups -OCH3 is 1. The van der Waals surface area contributed by atoms with E-state index in [4.69, 9.17) is 14.3 Å². The summed E-state index contributed by atoms with van der Waals surface area (Å²) in [6.45, 7) is 0.343. The van der Waals surface area contributed by atoms with E-state index >= 15 is 0 Å². The molecule has 0 spiro atoms. The molecule has 0 saturated carbocycles. The molecular formula is C31H24BrFN2O5. The predicted molar refractivity (Wildman–Crippen MR) is 150 cm³/mol. The molecule has 7 nitrogen and oxygen atoms in total. The number of amides is 2. The van der Waals surface area contributed by atoms with Gasteiger partial charge in [-0.25, -0.2) is 14.4 Å². The molecule has 2 fully saturated rings. The van der Waals surface area contributed by atoms with Gasteiger partial charge in [0.05, 0.1) is 24.5 Å². The van der Waals surface area contributed by atoms with Crippen molar-refractivity contribution in [2.75, 3.05) is 17.1 Å². The van der Waals surface area contributed by atoms with E-state index in [1.807, 2.05) is 60.7 Å². The Kier molecular flexibility index (Phi) is 7.00. The summed E-state index contributed by atoms with van der Waals surface area (Å²) in [4.78, 5) is 34.7. The molecule has 2 amide bonds. The third-order valence-corrected chi connectivity index (χ3v) is 7.74. The van der Waals surface area contributed by atoms with Crippen molar-refractivity contribution in [2.24, 2.45) is 5.92 Å². The molecule has 0 aromatic heterocycles. The molecule has 3 atom stereocenters. The Balaban J connectivity index is 1.40. The zero-order valence-electron chi connectivity index (χ0n) is 21.4. The van der Waals surface area contributed by atoms with Gasteiger partial charge >= 0.3 is 0 Å². The molecule has 0 bridgehead atoms. The van der Waals surface area contributed by atoms with Crippen LogP contribution in [0.5, 0.6) is 11.5 Å². The zero-order valence-corrected chi connectivity index (χ0v) is 23.0. The van der Waals surface area contributed by atoms with Gasteiger partial charge in [-0.2, -0.15) is 0 Å². The van der Waals surface area contributed by atoms with Gasteiger partial charge in [0.2, 0.25) is 5.91 Å². The van der Waals surface area contributed by atoms with Crippen LogP contribution in [0.25, 0.3) is 0 Å². The maximum atomic E-state index is 13.9. The number of para-hydroxylation sites is 1. The highest BCUT2D eigenvalue weighted by molar-refractivity contribution is 9.10. The van der Waals surface area contributed by atoms with Crippen molar-refractivity contribution in [2.45, 2.75) is 18.8 Å². The van der Waals surface area contributed by atoms with Crippen LogP contribution in [0.3, 0.4) is 0 Å². The molecule has 9 heteroatoms. The van der Waals surface area contributed by atoms with Crippen LogP contribution in [-0.4, -0.2) is 25.0 Å². The van der Waals surface area contributed by atoms with Gasteiger partial charge in [-0.15, -0.1) is 0 Å². The van der Waals surface area contributed by atoms with Crippen LogP contribution < -0.4 is 19.4 Å². The highest BCUT2D eigenvalue weighted by Gasteiger charge is 2.60. The number of carbonyl (C=O) groups excluding carboxylic acids is 2. The van der Waals surface area contributed by atoms with E-state index in [-0.39, 0.29) is 0 Å². The Morgan fingerprint density at radius 2 is 1.52 bits per heavy atom. The van der Waals surface area contributed by atoms with Crippen molar-refractivity contribution in [3.63, 3.8) is 0 Å². The number of hydroxylamine groups is 1. The van der Waals surface area contributed by atoms with Gasteiger partial charge < -0.3 is 9.47 Å². The van der Waals surface area contributed by atoms with Gasteiger partial charge in [0, 0.05) is 4.47 Å². The average Bonchev–Trinajstić information content (AvgIpc) is 3.49. The van der Waals surface area contributed by atoms with E-state index in [2.05, 4.69) is 15.9 Å². The lowest BCUT2D eigenvalue weighted by Gasteiger charge is -2.29. The van der Waals surface area contributed by atoms with Crippen molar-refractivity contribution in [1.29, 1.82) is 0 Å². The van der Waals surface area contributed by atoms with Crippen LogP contribution in [0.4, 0.5) is 15.8 Å². The highest BCUT2D eigenvalue weighted by atomic mass is 79.9. The predicted octanol–water partition coefficient (Wildman–Crippen LogP) is 6.23. The number of rotatable bonds is 7. The van der Waals surface area contributed by atoms with Gasteiger partial charge in [-0.05, 0) is 59.7 Å². The summed E-state index contributed by atoms with van der Waals surface area (Å²) >= 11 is 3.68. The first-order valence-electron chi connectivity index (χ1n) is 12.6. The second-order valence-electron chi connectivity index (χ2n) is 9.45. The van der Waals surface area contributed by atoms with Gasteiger partial charge in [0.15, 0.2) is 17.6 Å². The average molecular weight is 603 g/mol. The van der Waals surface area contributed by atoms with E-state index in [1.54, 1.807) is 24.3 Å². The quantitative estimate of drug-likeness (QED) is 0.234. The molecule has 40 heavy (non-hydrogen) atoms. The molecule has 6 rings (SSSR count). The van der Waals surface area contributed by atoms with Gasteiger partial charge in [-0.1, -0.05) is 64.5 Å². The summed E-state index contributed by atoms with van der Waals surface area (Å²) in [6, 6.07) is 27.2. The molecule has 0 N–H and O–H groups in total. The molecule has 202 valence electrons. The molecular weight excluding hydrogens is 579 g/mol. The number of nitrogens with zero attached hydrogens (tertiary/aromatic N) is 2. The molecule has 2 aliphatic rings. The molecule has 4 aromatic rings. The second-order valence-corrected chi connectivity index (χ2v) is 10.3. The first-order chi connectivity index (χ1) is 19.5. The first-order valence-corrected chi connectivity index (χ1v) is 13.4. The van der Waals surface area contributed by atoms with Gasteiger partial charge in [0.1, 0.15) is 18.3 Å². The minimum atomic E-state index is -1.06. The van der Waals surface area contributed by atoms with Crippen molar-refractivity contribution < 1.29 is 28.3 Å². The number of anilines is 2. The molecule has 0 aliphatic carbocycles. The lowest BCUT2D eigenvalue weighted by Crippen LogP contribution is -2.37. The van der Waals surface area contributed by atoms with Crippen LogP contribution in [0.15, 0.2) is 102 Å². The summed E-state index contributed by atoms with van der Waals surface area (Å²) < 4.78 is 26.0. The van der Waals surface area contributed by atoms with E-state index < -0.39 is 35.7 Å². The number of fused-ring (bicyclic) bond motifs is 1. The fourth-order valence-corrected chi connectivity index (χ4v) is 5.72. The minimum absolute atomic E-state index is 0.292. The largest absolute Gasteiger partial charge is 0.493 e. The second kappa shape index (κ2) is 10.7. The fourth-order valence-electron chi connectivity index (χ4n) is 5.16. The van der Waals surface area contributed by atoms with Crippen molar-refractivity contribution in [1.82, 2.24) is 0 Å². The third-order valence-electron chi connectivity index (χ3n) is 7.05. The molecule has 2 aliphatic heterocycles. The maximum absolute atomic E-state index is 13.9. The van der Waals surface area contributed by atoms with E-state index in [1.165, 1.54) is 24.3 Å². The lowest BCUT2D eigenvalue weighted by atomic mass is 9.90. The SMILES string of the molecule is COc1cc([C@@H]2[C@@H]3C(=O)N(c4ccc(F)cc4)C(=O)[C@@H]3ON2c2ccccc2)c(Br)cc1OCc1ccccc1. The smallest absolute Gasteiger partial charge is 0.266 e. The third kappa shape index (κ3) is 4.61. The molecule has 0 unspecified atom stereocenters. The maximum Gasteiger partial charge on any atom is 0.266 e. The van der Waals surface area contributed by atoms with Crippen molar-refractivity contribution in [3.8, 4) is 11.5 Å². The molecule has 2 saturated heterocycles. The van der Waals surface area contributed by atoms with E-state index in [9.17, 15) is 14.0 Å². The number of carbonyl (C=O) groups is 2. The van der Waals surface area contributed by atoms with Gasteiger partial charge in [-0.3, -0.25) is 14.4 Å². The Morgan fingerprint density at radius 3 is 2.20 bits per heavy atom. The molecule has 4 aromatic carbocycles. The Morgan fingerprint density at radius 1 is 0.850 bits per heavy atom. The number of imide groups is 1. The van der Waals surface area contributed by atoms with Crippen LogP contribution in [0.2, 0.25) is 0 Å². The number of ether oxygens (including phenoxy) is 2. The van der Waals surface area contributed by atoms with E-state index in [0.29, 0.717) is 39.5 Å². The van der Waals surface area contributed by atoms with Gasteiger partial charge in [0.25, 0.3) is 5.91 Å². The Labute approximate surface area is 238 Å². The van der Waals surface area contributed by atoms with Crippen LogP contribution >= 0.6 is 15.9 Å². The number of hydrogen-bond acceptors (Lipinski definition) is 6. The summed E-state index contributed by atoms with van der Waals surface area (Å²) in [5, 5.41) is 1.61. The van der Waals surface area contributed by atoms with Crippen LogP contribution in [0, 0.1) is 11.7 Å².